The van der Waals surface area contributed by atoms with Crippen molar-refractivity contribution in [2.45, 2.75) is 19.0 Å². The van der Waals surface area contributed by atoms with E-state index in [4.69, 9.17) is 28.2 Å². The fourth-order valence-corrected chi connectivity index (χ4v) is 5.74. The maximum atomic E-state index is 14.1. The van der Waals surface area contributed by atoms with Gasteiger partial charge in [-0.25, -0.2) is 4.98 Å². The van der Waals surface area contributed by atoms with Gasteiger partial charge in [0.25, 0.3) is 5.91 Å². The molecule has 1 unspecified atom stereocenters. The van der Waals surface area contributed by atoms with E-state index in [0.717, 1.165) is 45.4 Å². The van der Waals surface area contributed by atoms with E-state index in [2.05, 4.69) is 28.5 Å². The Bertz CT molecular complexity index is 1640. The maximum Gasteiger partial charge on any atom is 0.271 e. The second kappa shape index (κ2) is 10.5. The SMILES string of the molecule is CN(C)C1CCN(C(=O)c2[nH]c3cc(Cl)ccc3c2-c2c(-c3ccccc3)ncn2Cc2ccc(Cl)cc2)C1. The lowest BCUT2D eigenvalue weighted by molar-refractivity contribution is 0.0779. The molecular weight excluding hydrogens is 529 g/mol. The minimum Gasteiger partial charge on any atom is -0.350 e. The molecule has 0 saturated carbocycles. The van der Waals surface area contributed by atoms with E-state index in [1.54, 1.807) is 0 Å². The van der Waals surface area contributed by atoms with Crippen LogP contribution < -0.4 is 0 Å². The van der Waals surface area contributed by atoms with Crippen molar-refractivity contribution in [1.82, 2.24) is 24.3 Å². The predicted octanol–water partition coefficient (Wildman–Crippen LogP) is 6.83. The minimum atomic E-state index is -0.0140. The molecule has 1 aliphatic heterocycles. The van der Waals surface area contributed by atoms with Gasteiger partial charge >= 0.3 is 0 Å². The standard InChI is InChI=1S/C31H29Cl2N5O/c1-36(2)24-14-15-37(18-24)31(39)29-27(25-13-12-23(33)16-26(25)35-29)30-28(21-6-4-3-5-7-21)34-19-38(30)17-20-8-10-22(32)11-9-20/h3-13,16,19,24,35H,14-15,17-18H2,1-2H3. The number of hydrogen-bond acceptors (Lipinski definition) is 3. The smallest absolute Gasteiger partial charge is 0.271 e. The first kappa shape index (κ1) is 25.7. The Morgan fingerprint density at radius 1 is 1.03 bits per heavy atom. The summed E-state index contributed by atoms with van der Waals surface area (Å²) in [6.45, 7) is 1.98. The number of H-pyrrole nitrogens is 1. The van der Waals surface area contributed by atoms with Crippen LogP contribution in [-0.4, -0.2) is 63.5 Å². The summed E-state index contributed by atoms with van der Waals surface area (Å²) >= 11 is 12.6. The number of imidazole rings is 1. The Morgan fingerprint density at radius 3 is 2.49 bits per heavy atom. The van der Waals surface area contributed by atoms with Gasteiger partial charge in [0.15, 0.2) is 0 Å². The van der Waals surface area contributed by atoms with E-state index in [1.807, 2.05) is 84.0 Å². The topological polar surface area (TPSA) is 57.2 Å². The van der Waals surface area contributed by atoms with Gasteiger partial charge in [0, 0.05) is 57.8 Å². The van der Waals surface area contributed by atoms with Gasteiger partial charge < -0.3 is 19.4 Å². The van der Waals surface area contributed by atoms with Crippen LogP contribution in [0.5, 0.6) is 0 Å². The monoisotopic (exact) mass is 557 g/mol. The highest BCUT2D eigenvalue weighted by Crippen LogP contribution is 2.40. The third-order valence-electron chi connectivity index (χ3n) is 7.54. The number of amides is 1. The van der Waals surface area contributed by atoms with E-state index >= 15 is 0 Å². The molecule has 3 heterocycles. The van der Waals surface area contributed by atoms with Crippen LogP contribution in [0.4, 0.5) is 0 Å². The number of carbonyl (C=O) groups is 1. The molecule has 0 aliphatic carbocycles. The second-order valence-electron chi connectivity index (χ2n) is 10.3. The molecule has 198 valence electrons. The molecule has 0 spiro atoms. The number of rotatable bonds is 6. The number of benzene rings is 3. The summed E-state index contributed by atoms with van der Waals surface area (Å²) in [6, 6.07) is 24.0. The molecule has 1 N–H and O–H groups in total. The zero-order valence-electron chi connectivity index (χ0n) is 21.9. The van der Waals surface area contributed by atoms with Gasteiger partial charge in [0.1, 0.15) is 5.69 Å². The molecule has 6 rings (SSSR count). The first-order valence-electron chi connectivity index (χ1n) is 13.0. The van der Waals surface area contributed by atoms with Crippen LogP contribution in [0.15, 0.2) is 79.1 Å². The van der Waals surface area contributed by atoms with Crippen LogP contribution in [0.25, 0.3) is 33.4 Å². The number of carbonyl (C=O) groups excluding carboxylic acids is 1. The lowest BCUT2D eigenvalue weighted by atomic mass is 10.0. The lowest BCUT2D eigenvalue weighted by Gasteiger charge is -2.21. The summed E-state index contributed by atoms with van der Waals surface area (Å²) in [4.78, 5) is 26.6. The van der Waals surface area contributed by atoms with Crippen molar-refractivity contribution in [3.8, 4) is 22.5 Å². The zero-order chi connectivity index (χ0) is 27.1. The Labute approximate surface area is 237 Å². The average molecular weight is 559 g/mol. The van der Waals surface area contributed by atoms with Gasteiger partial charge in [-0.05, 0) is 50.3 Å². The normalized spacial score (nSPS) is 15.5. The summed E-state index contributed by atoms with van der Waals surface area (Å²) < 4.78 is 2.12. The van der Waals surface area contributed by atoms with Gasteiger partial charge in [-0.2, -0.15) is 0 Å². The first-order valence-corrected chi connectivity index (χ1v) is 13.8. The van der Waals surface area contributed by atoms with E-state index in [-0.39, 0.29) is 5.91 Å². The van der Waals surface area contributed by atoms with E-state index in [0.29, 0.717) is 41.4 Å². The Kier molecular flexibility index (Phi) is 6.94. The van der Waals surface area contributed by atoms with Crippen molar-refractivity contribution >= 4 is 40.0 Å². The fourth-order valence-electron chi connectivity index (χ4n) is 5.44. The van der Waals surface area contributed by atoms with Crippen LogP contribution in [0, 0.1) is 0 Å². The zero-order valence-corrected chi connectivity index (χ0v) is 23.4. The molecule has 1 atom stereocenters. The van der Waals surface area contributed by atoms with Crippen LogP contribution in [-0.2, 0) is 6.54 Å². The molecule has 6 nitrogen and oxygen atoms in total. The highest BCUT2D eigenvalue weighted by molar-refractivity contribution is 6.31. The largest absolute Gasteiger partial charge is 0.350 e. The fraction of sp³-hybridized carbons (Fsp3) is 0.226. The molecule has 3 aromatic carbocycles. The number of fused-ring (bicyclic) bond motifs is 1. The molecule has 39 heavy (non-hydrogen) atoms. The molecule has 1 saturated heterocycles. The van der Waals surface area contributed by atoms with E-state index < -0.39 is 0 Å². The first-order chi connectivity index (χ1) is 18.9. The van der Waals surface area contributed by atoms with Crippen molar-refractivity contribution in [2.75, 3.05) is 27.2 Å². The number of hydrogen-bond donors (Lipinski definition) is 1. The molecule has 1 amide bonds. The number of aromatic nitrogens is 3. The Hall–Kier alpha value is -3.58. The lowest BCUT2D eigenvalue weighted by Crippen LogP contribution is -2.34. The Morgan fingerprint density at radius 2 is 1.77 bits per heavy atom. The quantitative estimate of drug-likeness (QED) is 0.249. The van der Waals surface area contributed by atoms with Gasteiger partial charge in [-0.15, -0.1) is 0 Å². The van der Waals surface area contributed by atoms with Crippen LogP contribution in [0.3, 0.4) is 0 Å². The Balaban J connectivity index is 1.55. The number of nitrogens with zero attached hydrogens (tertiary/aromatic N) is 4. The molecule has 0 bridgehead atoms. The number of nitrogens with one attached hydrogen (secondary N) is 1. The van der Waals surface area contributed by atoms with Crippen molar-refractivity contribution in [1.29, 1.82) is 0 Å². The highest BCUT2D eigenvalue weighted by atomic mass is 35.5. The van der Waals surface area contributed by atoms with Gasteiger partial charge in [0.05, 0.1) is 17.7 Å². The number of halogens is 2. The summed E-state index contributed by atoms with van der Waals surface area (Å²) in [5.41, 5.74) is 5.99. The summed E-state index contributed by atoms with van der Waals surface area (Å²) in [7, 11) is 4.13. The molecule has 0 radical (unpaired) electrons. The van der Waals surface area contributed by atoms with Gasteiger partial charge in [-0.3, -0.25) is 4.79 Å². The van der Waals surface area contributed by atoms with Crippen molar-refractivity contribution in [2.24, 2.45) is 0 Å². The van der Waals surface area contributed by atoms with Gasteiger partial charge in [0.2, 0.25) is 0 Å². The van der Waals surface area contributed by atoms with Gasteiger partial charge in [-0.1, -0.05) is 71.7 Å². The van der Waals surface area contributed by atoms with Crippen LogP contribution in [0.1, 0.15) is 22.5 Å². The molecule has 5 aromatic rings. The summed E-state index contributed by atoms with van der Waals surface area (Å²) in [5, 5.41) is 2.24. The average Bonchev–Trinajstić information content (AvgIpc) is 3.67. The van der Waals surface area contributed by atoms with Crippen molar-refractivity contribution in [3.63, 3.8) is 0 Å². The molecule has 1 aliphatic rings. The van der Waals surface area contributed by atoms with Crippen molar-refractivity contribution < 1.29 is 4.79 Å². The summed E-state index contributed by atoms with van der Waals surface area (Å²) in [6.07, 6.45) is 2.80. The van der Waals surface area contributed by atoms with Crippen LogP contribution >= 0.6 is 23.2 Å². The van der Waals surface area contributed by atoms with E-state index in [9.17, 15) is 4.79 Å². The number of likely N-dealkylation sites (N-methyl/N-ethyl adjacent to an activating group) is 1. The minimum absolute atomic E-state index is 0.0140. The predicted molar refractivity (Wildman–Crippen MR) is 159 cm³/mol. The third kappa shape index (κ3) is 4.96. The van der Waals surface area contributed by atoms with Crippen molar-refractivity contribution in [3.05, 3.63) is 100 Å². The van der Waals surface area contributed by atoms with E-state index in [1.165, 1.54) is 0 Å². The third-order valence-corrected chi connectivity index (χ3v) is 8.03. The molecule has 8 heteroatoms. The highest BCUT2D eigenvalue weighted by Gasteiger charge is 2.32. The number of likely N-dealkylation sites (tertiary alicyclic amines) is 1. The summed E-state index contributed by atoms with van der Waals surface area (Å²) in [5.74, 6) is -0.0140. The molecular formula is C31H29Cl2N5O. The molecule has 2 aromatic heterocycles. The van der Waals surface area contributed by atoms with Crippen LogP contribution in [0.2, 0.25) is 10.0 Å². The number of aromatic amines is 1. The second-order valence-corrected chi connectivity index (χ2v) is 11.2. The maximum absolute atomic E-state index is 14.1. The molecule has 1 fully saturated rings.